The van der Waals surface area contributed by atoms with Crippen LogP contribution < -0.4 is 14.8 Å². The van der Waals surface area contributed by atoms with Crippen molar-refractivity contribution < 1.29 is 19.4 Å². The highest BCUT2D eigenvalue weighted by atomic mass is 16.5. The van der Waals surface area contributed by atoms with Crippen LogP contribution in [0.5, 0.6) is 11.5 Å². The molecule has 2 rings (SSSR count). The van der Waals surface area contributed by atoms with Crippen LogP contribution in [0.2, 0.25) is 0 Å². The first-order valence-corrected chi connectivity index (χ1v) is 6.84. The molecule has 2 N–H and O–H groups in total. The van der Waals surface area contributed by atoms with Crippen LogP contribution in [0.3, 0.4) is 0 Å². The maximum atomic E-state index is 11.5. The lowest BCUT2D eigenvalue weighted by atomic mass is 10.1. The van der Waals surface area contributed by atoms with Crippen molar-refractivity contribution in [2.24, 2.45) is 0 Å². The minimum atomic E-state index is -1.05. The number of hydrogen-bond donors (Lipinski definition) is 2. The minimum absolute atomic E-state index is 0.0930. The Bertz CT molecular complexity index is 665. The Morgan fingerprint density at radius 2 is 1.82 bits per heavy atom. The summed E-state index contributed by atoms with van der Waals surface area (Å²) in [6.45, 7) is 2.53. The summed E-state index contributed by atoms with van der Waals surface area (Å²) in [6.07, 6.45) is 0. The van der Waals surface area contributed by atoms with Gasteiger partial charge in [0, 0.05) is 18.7 Å². The van der Waals surface area contributed by atoms with E-state index in [4.69, 9.17) is 9.47 Å². The van der Waals surface area contributed by atoms with E-state index < -0.39 is 5.97 Å². The van der Waals surface area contributed by atoms with Crippen LogP contribution >= 0.6 is 0 Å². The Labute approximate surface area is 129 Å². The molecule has 0 radical (unpaired) electrons. The molecule has 0 atom stereocenters. The lowest BCUT2D eigenvalue weighted by Crippen LogP contribution is -2.09. The Morgan fingerprint density at radius 3 is 2.36 bits per heavy atom. The Morgan fingerprint density at radius 1 is 1.14 bits per heavy atom. The third-order valence-electron chi connectivity index (χ3n) is 3.35. The highest BCUT2D eigenvalue weighted by Gasteiger charge is 2.18. The third-order valence-corrected chi connectivity index (χ3v) is 3.35. The molecule has 116 valence electrons. The van der Waals surface area contributed by atoms with Gasteiger partial charge in [-0.15, -0.1) is 0 Å². The Hall–Kier alpha value is -2.69. The second kappa shape index (κ2) is 6.85. The summed E-state index contributed by atoms with van der Waals surface area (Å²) >= 11 is 0. The number of aromatic carboxylic acids is 1. The number of carboxylic acids is 1. The van der Waals surface area contributed by atoms with Crippen LogP contribution in [-0.4, -0.2) is 25.3 Å². The van der Waals surface area contributed by atoms with E-state index >= 15 is 0 Å². The molecule has 0 saturated heterocycles. The summed E-state index contributed by atoms with van der Waals surface area (Å²) < 4.78 is 10.3. The summed E-state index contributed by atoms with van der Waals surface area (Å²) in [5.74, 6) is -0.252. The molecule has 0 bridgehead atoms. The molecule has 2 aromatic carbocycles. The number of hydrogen-bond acceptors (Lipinski definition) is 4. The molecule has 2 aromatic rings. The molecular formula is C17H19NO4. The average molecular weight is 301 g/mol. The monoisotopic (exact) mass is 301 g/mol. The first-order valence-electron chi connectivity index (χ1n) is 6.84. The van der Waals surface area contributed by atoms with Gasteiger partial charge in [0.1, 0.15) is 17.1 Å². The van der Waals surface area contributed by atoms with Crippen molar-refractivity contribution in [1.29, 1.82) is 0 Å². The molecule has 0 unspecified atom stereocenters. The van der Waals surface area contributed by atoms with Crippen molar-refractivity contribution in [1.82, 2.24) is 0 Å². The van der Waals surface area contributed by atoms with Crippen LogP contribution in [0, 0.1) is 6.92 Å². The number of methoxy groups -OCH3 is 2. The number of rotatable bonds is 6. The molecule has 0 heterocycles. The van der Waals surface area contributed by atoms with Crippen molar-refractivity contribution in [3.05, 3.63) is 53.1 Å². The van der Waals surface area contributed by atoms with Crippen molar-refractivity contribution in [3.63, 3.8) is 0 Å². The van der Waals surface area contributed by atoms with E-state index in [-0.39, 0.29) is 11.3 Å². The van der Waals surface area contributed by atoms with Gasteiger partial charge in [0.2, 0.25) is 0 Å². The molecule has 5 nitrogen and oxygen atoms in total. The maximum absolute atomic E-state index is 11.5. The molecule has 0 amide bonds. The largest absolute Gasteiger partial charge is 0.497 e. The zero-order valence-electron chi connectivity index (χ0n) is 12.8. The van der Waals surface area contributed by atoms with Gasteiger partial charge in [0.05, 0.1) is 19.9 Å². The molecule has 0 aromatic heterocycles. The molecular weight excluding hydrogens is 282 g/mol. The third kappa shape index (κ3) is 3.49. The average Bonchev–Trinajstić information content (AvgIpc) is 2.53. The summed E-state index contributed by atoms with van der Waals surface area (Å²) in [6, 6.07) is 11.2. The quantitative estimate of drug-likeness (QED) is 0.856. The molecule has 0 fully saturated rings. The van der Waals surface area contributed by atoms with Gasteiger partial charge < -0.3 is 19.9 Å². The highest BCUT2D eigenvalue weighted by Crippen LogP contribution is 2.32. The van der Waals surface area contributed by atoms with Gasteiger partial charge in [-0.3, -0.25) is 0 Å². The smallest absolute Gasteiger partial charge is 0.341 e. The molecule has 0 aliphatic heterocycles. The lowest BCUT2D eigenvalue weighted by Gasteiger charge is -2.15. The molecule has 5 heteroatoms. The summed E-state index contributed by atoms with van der Waals surface area (Å²) in [5, 5.41) is 12.6. The normalized spacial score (nSPS) is 10.1. The van der Waals surface area contributed by atoms with Crippen LogP contribution in [-0.2, 0) is 6.54 Å². The van der Waals surface area contributed by atoms with Gasteiger partial charge in [0.25, 0.3) is 0 Å². The topological polar surface area (TPSA) is 67.8 Å². The van der Waals surface area contributed by atoms with E-state index in [1.807, 2.05) is 31.2 Å². The molecule has 0 aliphatic rings. The first-order chi connectivity index (χ1) is 10.5. The maximum Gasteiger partial charge on any atom is 0.341 e. The molecule has 0 spiro atoms. The first kappa shape index (κ1) is 15.7. The van der Waals surface area contributed by atoms with Gasteiger partial charge in [-0.25, -0.2) is 4.79 Å². The number of carboxylic acid groups (broad SMARTS) is 1. The van der Waals surface area contributed by atoms with E-state index in [2.05, 4.69) is 5.32 Å². The second-order valence-electron chi connectivity index (χ2n) is 4.90. The van der Waals surface area contributed by atoms with Crippen molar-refractivity contribution >= 4 is 11.7 Å². The van der Waals surface area contributed by atoms with E-state index in [9.17, 15) is 9.90 Å². The van der Waals surface area contributed by atoms with E-state index in [1.54, 1.807) is 12.1 Å². The van der Waals surface area contributed by atoms with Crippen molar-refractivity contribution in [2.45, 2.75) is 13.5 Å². The van der Waals surface area contributed by atoms with Gasteiger partial charge in [0.15, 0.2) is 0 Å². The van der Waals surface area contributed by atoms with Gasteiger partial charge in [-0.2, -0.15) is 0 Å². The fourth-order valence-corrected chi connectivity index (χ4v) is 2.13. The van der Waals surface area contributed by atoms with Gasteiger partial charge in [-0.1, -0.05) is 29.8 Å². The zero-order valence-corrected chi connectivity index (χ0v) is 12.8. The van der Waals surface area contributed by atoms with Crippen LogP contribution in [0.1, 0.15) is 21.5 Å². The second-order valence-corrected chi connectivity index (χ2v) is 4.90. The van der Waals surface area contributed by atoms with Gasteiger partial charge >= 0.3 is 5.97 Å². The van der Waals surface area contributed by atoms with Crippen molar-refractivity contribution in [3.8, 4) is 11.5 Å². The van der Waals surface area contributed by atoms with E-state index in [0.29, 0.717) is 18.0 Å². The predicted molar refractivity (Wildman–Crippen MR) is 85.0 cm³/mol. The number of aryl methyl sites for hydroxylation is 1. The minimum Gasteiger partial charge on any atom is -0.497 e. The molecule has 22 heavy (non-hydrogen) atoms. The fourth-order valence-electron chi connectivity index (χ4n) is 2.13. The predicted octanol–water partition coefficient (Wildman–Crippen LogP) is 3.32. The SMILES string of the molecule is COc1cc(NCc2ccc(C)cc2)c(C(=O)O)c(OC)c1. The summed E-state index contributed by atoms with van der Waals surface area (Å²) in [4.78, 5) is 11.5. The van der Waals surface area contributed by atoms with E-state index in [0.717, 1.165) is 5.56 Å². The summed E-state index contributed by atoms with van der Waals surface area (Å²) in [5.41, 5.74) is 2.79. The summed E-state index contributed by atoms with van der Waals surface area (Å²) in [7, 11) is 2.96. The fraction of sp³-hybridized carbons (Fsp3) is 0.235. The lowest BCUT2D eigenvalue weighted by molar-refractivity contribution is 0.0694. The van der Waals surface area contributed by atoms with E-state index in [1.165, 1.54) is 19.8 Å². The highest BCUT2D eigenvalue weighted by molar-refractivity contribution is 5.98. The van der Waals surface area contributed by atoms with Gasteiger partial charge in [-0.05, 0) is 12.5 Å². The number of benzene rings is 2. The van der Waals surface area contributed by atoms with Crippen molar-refractivity contribution in [2.75, 3.05) is 19.5 Å². The number of nitrogens with one attached hydrogen (secondary N) is 1. The van der Waals surface area contributed by atoms with Crippen LogP contribution in [0.15, 0.2) is 36.4 Å². The Balaban J connectivity index is 2.31. The Kier molecular flexibility index (Phi) is 4.88. The number of carbonyl (C=O) groups is 1. The molecule has 0 saturated carbocycles. The zero-order chi connectivity index (χ0) is 16.1. The van der Waals surface area contributed by atoms with Crippen LogP contribution in [0.4, 0.5) is 5.69 Å². The number of anilines is 1. The number of ether oxygens (including phenoxy) is 2. The standard InChI is InChI=1S/C17H19NO4/c1-11-4-6-12(7-5-11)10-18-14-8-13(21-2)9-15(22-3)16(14)17(19)20/h4-9,18H,10H2,1-3H3,(H,19,20). The molecule has 0 aliphatic carbocycles. The van der Waals surface area contributed by atoms with Crippen LogP contribution in [0.25, 0.3) is 0 Å².